The largest absolute Gasteiger partial charge is 0.478 e. The van der Waals surface area contributed by atoms with Gasteiger partial charge in [0.1, 0.15) is 0 Å². The average molecular weight is 331 g/mol. The second kappa shape index (κ2) is 7.01. The number of ketones is 1. The molecular weight excluding hydrogens is 314 g/mol. The Labute approximate surface area is 145 Å². The van der Waals surface area contributed by atoms with E-state index in [1.54, 1.807) is 23.7 Å². The monoisotopic (exact) mass is 331 g/mol. The fourth-order valence-corrected chi connectivity index (χ4v) is 2.67. The number of carboxylic acid groups (broad SMARTS) is 1. The number of carbonyl (C=O) groups is 2. The van der Waals surface area contributed by atoms with Crippen LogP contribution in [0.15, 0.2) is 72.8 Å². The van der Waals surface area contributed by atoms with Crippen molar-refractivity contribution >= 4 is 17.8 Å². The molecule has 0 atom stereocenters. The Kier molecular flexibility index (Phi) is 4.61. The third kappa shape index (κ3) is 3.58. The zero-order chi connectivity index (χ0) is 17.8. The van der Waals surface area contributed by atoms with Gasteiger partial charge in [0.2, 0.25) is 5.78 Å². The highest BCUT2D eigenvalue weighted by molar-refractivity contribution is 6.08. The van der Waals surface area contributed by atoms with Crippen LogP contribution in [0.4, 0.5) is 0 Å². The van der Waals surface area contributed by atoms with E-state index in [0.717, 1.165) is 17.2 Å². The summed E-state index contributed by atoms with van der Waals surface area (Å²) in [7, 11) is 1.74. The summed E-state index contributed by atoms with van der Waals surface area (Å²) in [5, 5.41) is 8.72. The van der Waals surface area contributed by atoms with Crippen molar-refractivity contribution in [2.45, 2.75) is 0 Å². The number of carbonyl (C=O) groups excluding carboxylic acids is 1. The van der Waals surface area contributed by atoms with Crippen molar-refractivity contribution in [3.05, 3.63) is 89.8 Å². The number of aliphatic carboxylic acids is 1. The van der Waals surface area contributed by atoms with Crippen molar-refractivity contribution in [3.63, 3.8) is 0 Å². The summed E-state index contributed by atoms with van der Waals surface area (Å²) in [6.45, 7) is 0. The quantitative estimate of drug-likeness (QED) is 0.567. The van der Waals surface area contributed by atoms with Gasteiger partial charge in [-0.3, -0.25) is 4.79 Å². The van der Waals surface area contributed by atoms with E-state index in [0.29, 0.717) is 17.0 Å². The average Bonchev–Trinajstić information content (AvgIpc) is 3.01. The molecule has 4 nitrogen and oxygen atoms in total. The molecule has 25 heavy (non-hydrogen) atoms. The van der Waals surface area contributed by atoms with Gasteiger partial charge in [-0.15, -0.1) is 0 Å². The lowest BCUT2D eigenvalue weighted by Gasteiger charge is -2.06. The molecule has 0 saturated carbocycles. The fraction of sp³-hybridized carbons (Fsp3) is 0.0476. The van der Waals surface area contributed by atoms with Crippen LogP contribution >= 0.6 is 0 Å². The lowest BCUT2D eigenvalue weighted by Crippen LogP contribution is -2.08. The van der Waals surface area contributed by atoms with Crippen LogP contribution in [0.2, 0.25) is 0 Å². The summed E-state index contributed by atoms with van der Waals surface area (Å²) in [5.41, 5.74) is 3.91. The third-order valence-electron chi connectivity index (χ3n) is 4.04. The number of hydrogen-bond donors (Lipinski definition) is 1. The summed E-state index contributed by atoms with van der Waals surface area (Å²) in [6.07, 6.45) is 2.52. The maximum absolute atomic E-state index is 12.7. The first-order valence-corrected chi connectivity index (χ1v) is 7.83. The molecule has 1 N–H and O–H groups in total. The van der Waals surface area contributed by atoms with Gasteiger partial charge in [-0.2, -0.15) is 0 Å². The molecule has 0 radical (unpaired) electrons. The molecule has 0 spiro atoms. The number of carboxylic acids is 1. The Morgan fingerprint density at radius 3 is 2.16 bits per heavy atom. The van der Waals surface area contributed by atoms with Crippen molar-refractivity contribution in [3.8, 4) is 11.1 Å². The minimum absolute atomic E-state index is 0.0999. The molecular formula is C21H17NO3. The molecule has 124 valence electrons. The first-order valence-electron chi connectivity index (χ1n) is 7.83. The molecule has 0 saturated heterocycles. The van der Waals surface area contributed by atoms with Crippen LogP contribution in [0.1, 0.15) is 21.7 Å². The van der Waals surface area contributed by atoms with Gasteiger partial charge in [0.05, 0.1) is 5.69 Å². The molecule has 0 amide bonds. The van der Waals surface area contributed by atoms with Crippen LogP contribution in [0.5, 0.6) is 0 Å². The predicted octanol–water partition coefficient (Wildman–Crippen LogP) is 4.02. The summed E-state index contributed by atoms with van der Waals surface area (Å²) in [5.74, 6) is -1.12. The molecule has 3 aromatic rings. The molecule has 0 unspecified atom stereocenters. The van der Waals surface area contributed by atoms with Gasteiger partial charge in [0.25, 0.3) is 0 Å². The Balaban J connectivity index is 1.85. The summed E-state index contributed by atoms with van der Waals surface area (Å²) in [6, 6.07) is 20.9. The van der Waals surface area contributed by atoms with E-state index in [1.807, 2.05) is 54.6 Å². The lowest BCUT2D eigenvalue weighted by atomic mass is 10.0. The molecule has 1 heterocycles. The molecule has 2 aromatic carbocycles. The van der Waals surface area contributed by atoms with E-state index < -0.39 is 5.97 Å². The number of nitrogens with zero attached hydrogens (tertiary/aromatic N) is 1. The number of benzene rings is 2. The van der Waals surface area contributed by atoms with Crippen molar-refractivity contribution in [1.29, 1.82) is 0 Å². The smallest absolute Gasteiger partial charge is 0.328 e. The van der Waals surface area contributed by atoms with E-state index in [9.17, 15) is 9.59 Å². The van der Waals surface area contributed by atoms with Crippen LogP contribution in [-0.4, -0.2) is 21.4 Å². The highest BCUT2D eigenvalue weighted by atomic mass is 16.4. The topological polar surface area (TPSA) is 59.3 Å². The molecule has 0 aliphatic carbocycles. The van der Waals surface area contributed by atoms with Crippen LogP contribution < -0.4 is 0 Å². The molecule has 0 fully saturated rings. The predicted molar refractivity (Wildman–Crippen MR) is 97.4 cm³/mol. The van der Waals surface area contributed by atoms with Crippen molar-refractivity contribution in [2.75, 3.05) is 0 Å². The highest BCUT2D eigenvalue weighted by Gasteiger charge is 2.14. The van der Waals surface area contributed by atoms with Gasteiger partial charge in [0, 0.05) is 24.4 Å². The maximum Gasteiger partial charge on any atom is 0.328 e. The SMILES string of the molecule is Cn1c(/C=C/C(=O)O)ccc1C(=O)c1ccc(-c2ccccc2)cc1. The first kappa shape index (κ1) is 16.5. The second-order valence-corrected chi connectivity index (χ2v) is 5.65. The second-order valence-electron chi connectivity index (χ2n) is 5.65. The van der Waals surface area contributed by atoms with Gasteiger partial charge in [-0.05, 0) is 29.3 Å². The Bertz CT molecular complexity index is 935. The van der Waals surface area contributed by atoms with Crippen molar-refractivity contribution in [1.82, 2.24) is 4.57 Å². The summed E-state index contributed by atoms with van der Waals surface area (Å²) < 4.78 is 1.69. The molecule has 0 aliphatic rings. The van der Waals surface area contributed by atoms with Crippen LogP contribution in [0.3, 0.4) is 0 Å². The normalized spacial score (nSPS) is 10.9. The van der Waals surface area contributed by atoms with E-state index in [2.05, 4.69) is 0 Å². The first-order chi connectivity index (χ1) is 12.1. The zero-order valence-electron chi connectivity index (χ0n) is 13.7. The van der Waals surface area contributed by atoms with Crippen molar-refractivity contribution < 1.29 is 14.7 Å². The van der Waals surface area contributed by atoms with E-state index in [4.69, 9.17) is 5.11 Å². The van der Waals surface area contributed by atoms with E-state index >= 15 is 0 Å². The summed E-state index contributed by atoms with van der Waals surface area (Å²) >= 11 is 0. The molecule has 1 aromatic heterocycles. The third-order valence-corrected chi connectivity index (χ3v) is 4.04. The molecule has 4 heteroatoms. The van der Waals surface area contributed by atoms with Crippen molar-refractivity contribution in [2.24, 2.45) is 7.05 Å². The fourth-order valence-electron chi connectivity index (χ4n) is 2.67. The van der Waals surface area contributed by atoms with E-state index in [-0.39, 0.29) is 5.78 Å². The van der Waals surface area contributed by atoms with Gasteiger partial charge >= 0.3 is 5.97 Å². The Morgan fingerprint density at radius 2 is 1.52 bits per heavy atom. The van der Waals surface area contributed by atoms with Gasteiger partial charge < -0.3 is 9.67 Å². The molecule has 3 rings (SSSR count). The highest BCUT2D eigenvalue weighted by Crippen LogP contribution is 2.21. The number of aromatic nitrogens is 1. The minimum Gasteiger partial charge on any atom is -0.478 e. The number of rotatable bonds is 5. The van der Waals surface area contributed by atoms with E-state index in [1.165, 1.54) is 6.08 Å². The van der Waals surface area contributed by atoms with Gasteiger partial charge in [-0.1, -0.05) is 54.6 Å². The van der Waals surface area contributed by atoms with Crippen LogP contribution in [0.25, 0.3) is 17.2 Å². The molecule has 0 bridgehead atoms. The summed E-state index contributed by atoms with van der Waals surface area (Å²) in [4.78, 5) is 23.3. The van der Waals surface area contributed by atoms with Gasteiger partial charge in [-0.25, -0.2) is 4.79 Å². The number of hydrogen-bond acceptors (Lipinski definition) is 2. The minimum atomic E-state index is -1.02. The Hall–Kier alpha value is -3.40. The molecule has 0 aliphatic heterocycles. The maximum atomic E-state index is 12.7. The van der Waals surface area contributed by atoms with Crippen LogP contribution in [0, 0.1) is 0 Å². The zero-order valence-corrected chi connectivity index (χ0v) is 13.7. The standard InChI is InChI=1S/C21H17NO3/c1-22-18(12-14-20(23)24)11-13-19(22)21(25)17-9-7-16(8-10-17)15-5-3-2-4-6-15/h2-14H,1H3,(H,23,24)/b14-12+. The van der Waals surface area contributed by atoms with Gasteiger partial charge in [0.15, 0.2) is 0 Å². The van der Waals surface area contributed by atoms with Crippen LogP contribution in [-0.2, 0) is 11.8 Å². The lowest BCUT2D eigenvalue weighted by molar-refractivity contribution is -0.131. The Morgan fingerprint density at radius 1 is 0.880 bits per heavy atom.